The third-order valence-corrected chi connectivity index (χ3v) is 9.45. The Bertz CT molecular complexity index is 1370. The summed E-state index contributed by atoms with van der Waals surface area (Å²) >= 11 is 2.86. The van der Waals surface area contributed by atoms with Gasteiger partial charge in [-0.25, -0.2) is 9.88 Å². The molecule has 4 atom stereocenters. The van der Waals surface area contributed by atoms with Crippen LogP contribution < -0.4 is 10.2 Å². The van der Waals surface area contributed by atoms with Crippen LogP contribution in [0.1, 0.15) is 17.5 Å². The average Bonchev–Trinajstić information content (AvgIpc) is 3.58. The van der Waals surface area contributed by atoms with Crippen molar-refractivity contribution in [2.45, 2.75) is 24.6 Å². The molecule has 0 unspecified atom stereocenters. The van der Waals surface area contributed by atoms with Crippen LogP contribution in [0.4, 0.5) is 11.4 Å². The minimum atomic E-state index is -0.207. The third kappa shape index (κ3) is 3.39. The summed E-state index contributed by atoms with van der Waals surface area (Å²) in [4.78, 5) is 44.7. The lowest BCUT2D eigenvalue weighted by Crippen LogP contribution is -2.32. The molecular formula is C26H23N3O3S2. The Hall–Kier alpha value is -2.97. The van der Waals surface area contributed by atoms with Gasteiger partial charge in [0, 0.05) is 5.69 Å². The zero-order valence-electron chi connectivity index (χ0n) is 18.8. The van der Waals surface area contributed by atoms with Crippen molar-refractivity contribution in [1.29, 1.82) is 0 Å². The summed E-state index contributed by atoms with van der Waals surface area (Å²) in [7, 11) is 0. The minimum Gasteiger partial charge on any atom is -0.325 e. The van der Waals surface area contributed by atoms with Gasteiger partial charge in [0.1, 0.15) is 0 Å². The van der Waals surface area contributed by atoms with Crippen LogP contribution in [0.25, 0.3) is 10.2 Å². The van der Waals surface area contributed by atoms with Gasteiger partial charge in [0.05, 0.1) is 33.5 Å². The first kappa shape index (κ1) is 21.6. The summed E-state index contributed by atoms with van der Waals surface area (Å²) in [5.74, 6) is -0.00343. The second kappa shape index (κ2) is 8.06. The number of anilines is 2. The van der Waals surface area contributed by atoms with Crippen molar-refractivity contribution in [3.05, 3.63) is 59.7 Å². The number of allylic oxidation sites excluding steroid dienone is 2. The lowest BCUT2D eigenvalue weighted by Gasteiger charge is -2.17. The van der Waals surface area contributed by atoms with Gasteiger partial charge in [-0.05, 0) is 67.5 Å². The van der Waals surface area contributed by atoms with Crippen molar-refractivity contribution >= 4 is 62.4 Å². The van der Waals surface area contributed by atoms with Crippen molar-refractivity contribution in [1.82, 2.24) is 4.98 Å². The Labute approximate surface area is 205 Å². The molecule has 3 aliphatic rings. The predicted molar refractivity (Wildman–Crippen MR) is 135 cm³/mol. The van der Waals surface area contributed by atoms with Crippen molar-refractivity contribution < 1.29 is 14.4 Å². The van der Waals surface area contributed by atoms with E-state index in [4.69, 9.17) is 0 Å². The lowest BCUT2D eigenvalue weighted by molar-refractivity contribution is -0.123. The van der Waals surface area contributed by atoms with Crippen LogP contribution >= 0.6 is 23.1 Å². The summed E-state index contributed by atoms with van der Waals surface area (Å²) in [6, 6.07) is 11.4. The topological polar surface area (TPSA) is 79.4 Å². The molecule has 3 aromatic rings. The van der Waals surface area contributed by atoms with E-state index in [0.717, 1.165) is 37.8 Å². The fourth-order valence-electron chi connectivity index (χ4n) is 5.45. The fourth-order valence-corrected chi connectivity index (χ4v) is 7.35. The van der Waals surface area contributed by atoms with Crippen LogP contribution in [-0.2, 0) is 14.4 Å². The van der Waals surface area contributed by atoms with Gasteiger partial charge in [0.25, 0.3) is 0 Å². The lowest BCUT2D eigenvalue weighted by atomic mass is 9.85. The number of imide groups is 1. The highest BCUT2D eigenvalue weighted by molar-refractivity contribution is 8.01. The second-order valence-corrected chi connectivity index (χ2v) is 11.5. The van der Waals surface area contributed by atoms with Crippen molar-refractivity contribution in [3.8, 4) is 0 Å². The Kier molecular flexibility index (Phi) is 5.11. The molecule has 1 aromatic heterocycles. The number of fused-ring (bicyclic) bond motifs is 6. The molecule has 2 bridgehead atoms. The van der Waals surface area contributed by atoms with Crippen LogP contribution in [0.15, 0.2) is 52.9 Å². The maximum Gasteiger partial charge on any atom is 0.238 e. The van der Waals surface area contributed by atoms with E-state index in [1.807, 2.05) is 44.2 Å². The number of rotatable bonds is 5. The molecule has 1 saturated carbocycles. The van der Waals surface area contributed by atoms with Gasteiger partial charge in [-0.2, -0.15) is 0 Å². The molecule has 2 aromatic carbocycles. The number of nitrogens with one attached hydrogen (secondary N) is 1. The smallest absolute Gasteiger partial charge is 0.238 e. The fraction of sp³-hybridized carbons (Fsp3) is 0.308. The maximum absolute atomic E-state index is 13.1. The molecular weight excluding hydrogens is 466 g/mol. The van der Waals surface area contributed by atoms with Gasteiger partial charge in [-0.15, -0.1) is 11.3 Å². The molecule has 2 aliphatic carbocycles. The summed E-state index contributed by atoms with van der Waals surface area (Å²) in [5, 5.41) is 2.97. The number of thiazole rings is 1. The molecule has 0 spiro atoms. The Morgan fingerprint density at radius 1 is 1.12 bits per heavy atom. The predicted octanol–water partition coefficient (Wildman–Crippen LogP) is 4.96. The van der Waals surface area contributed by atoms with E-state index in [2.05, 4.69) is 22.5 Å². The molecule has 34 heavy (non-hydrogen) atoms. The Morgan fingerprint density at radius 3 is 2.59 bits per heavy atom. The largest absolute Gasteiger partial charge is 0.325 e. The van der Waals surface area contributed by atoms with E-state index >= 15 is 0 Å². The second-order valence-electron chi connectivity index (χ2n) is 9.23. The van der Waals surface area contributed by atoms with Crippen LogP contribution in [0.2, 0.25) is 0 Å². The molecule has 1 N–H and O–H groups in total. The molecule has 172 valence electrons. The third-order valence-electron chi connectivity index (χ3n) is 7.29. The molecule has 2 heterocycles. The van der Waals surface area contributed by atoms with Gasteiger partial charge in [0.15, 0.2) is 4.34 Å². The number of hydrogen-bond donors (Lipinski definition) is 1. The number of aromatic nitrogens is 1. The van der Waals surface area contributed by atoms with E-state index in [9.17, 15) is 14.4 Å². The highest BCUT2D eigenvalue weighted by Gasteiger charge is 2.59. The number of carbonyl (C=O) groups is 3. The number of aryl methyl sites for hydroxylation is 1. The minimum absolute atomic E-state index is 0.0755. The van der Waals surface area contributed by atoms with E-state index in [1.165, 1.54) is 28.0 Å². The van der Waals surface area contributed by atoms with Crippen LogP contribution in [0, 0.1) is 37.5 Å². The number of thioether (sulfide) groups is 1. The average molecular weight is 490 g/mol. The van der Waals surface area contributed by atoms with E-state index < -0.39 is 0 Å². The van der Waals surface area contributed by atoms with Crippen LogP contribution in [-0.4, -0.2) is 28.5 Å². The first-order valence-corrected chi connectivity index (χ1v) is 13.2. The van der Waals surface area contributed by atoms with Crippen LogP contribution in [0.5, 0.6) is 0 Å². The first-order valence-electron chi connectivity index (χ1n) is 11.4. The molecule has 6 nitrogen and oxygen atoms in total. The monoisotopic (exact) mass is 489 g/mol. The highest BCUT2D eigenvalue weighted by atomic mass is 32.2. The van der Waals surface area contributed by atoms with E-state index in [0.29, 0.717) is 5.69 Å². The summed E-state index contributed by atoms with van der Waals surface area (Å²) in [6.45, 7) is 4.01. The maximum atomic E-state index is 13.1. The molecule has 1 aliphatic heterocycles. The van der Waals surface area contributed by atoms with Gasteiger partial charge < -0.3 is 5.32 Å². The SMILES string of the molecule is Cc1cccc(NC(=O)CSc2nc3ccc(N4C(=O)[C@@H]5[C@H](C4=O)[C@H]4C=C[C@@H]5C4)cc3s2)c1C. The number of carbonyl (C=O) groups excluding carboxylic acids is 3. The molecule has 3 amide bonds. The molecule has 1 saturated heterocycles. The number of benzene rings is 2. The van der Waals surface area contributed by atoms with Crippen molar-refractivity contribution in [3.63, 3.8) is 0 Å². The van der Waals surface area contributed by atoms with Gasteiger partial charge in [0.2, 0.25) is 17.7 Å². The molecule has 0 radical (unpaired) electrons. The van der Waals surface area contributed by atoms with E-state index in [1.54, 1.807) is 6.07 Å². The number of amides is 3. The van der Waals surface area contributed by atoms with Gasteiger partial charge in [-0.3, -0.25) is 14.4 Å². The Balaban J connectivity index is 1.17. The molecule has 2 fully saturated rings. The normalized spacial score (nSPS) is 24.9. The standard InChI is InChI=1S/C26H23N3O3S2/c1-13-4-3-5-18(14(13)2)27-21(30)12-33-26-28-19-9-8-17(11-20(19)34-26)29-24(31)22-15-6-7-16(10-15)23(22)25(29)32/h3-9,11,15-16,22-23H,10,12H2,1-2H3,(H,27,30)/t15-,16+,22+,23-. The van der Waals surface area contributed by atoms with E-state index in [-0.39, 0.29) is 47.1 Å². The summed E-state index contributed by atoms with van der Waals surface area (Å²) in [5.41, 5.74) is 4.44. The van der Waals surface area contributed by atoms with Crippen molar-refractivity contribution in [2.75, 3.05) is 16.0 Å². The molecule has 6 rings (SSSR count). The zero-order chi connectivity index (χ0) is 23.6. The summed E-state index contributed by atoms with van der Waals surface area (Å²) < 4.78 is 1.68. The Morgan fingerprint density at radius 2 is 1.85 bits per heavy atom. The van der Waals surface area contributed by atoms with Crippen molar-refractivity contribution in [2.24, 2.45) is 23.7 Å². The van der Waals surface area contributed by atoms with Crippen LogP contribution in [0.3, 0.4) is 0 Å². The highest BCUT2D eigenvalue weighted by Crippen LogP contribution is 2.53. The quantitative estimate of drug-likeness (QED) is 0.311. The number of hydrogen-bond acceptors (Lipinski definition) is 6. The molecule has 8 heteroatoms. The summed E-state index contributed by atoms with van der Waals surface area (Å²) in [6.07, 6.45) is 5.13. The number of nitrogens with zero attached hydrogens (tertiary/aromatic N) is 2. The first-order chi connectivity index (χ1) is 16.4. The van der Waals surface area contributed by atoms with Gasteiger partial charge >= 0.3 is 0 Å². The zero-order valence-corrected chi connectivity index (χ0v) is 20.4. The van der Waals surface area contributed by atoms with Gasteiger partial charge in [-0.1, -0.05) is 36.0 Å².